The molecule has 1 aromatic rings. The maximum Gasteiger partial charge on any atom is 0.209 e. The maximum absolute atomic E-state index is 13.8. The van der Waals surface area contributed by atoms with E-state index < -0.39 is 11.4 Å². The number of hydrogen-bond donors (Lipinski definition) is 3. The molecule has 1 unspecified atom stereocenters. The molecule has 0 amide bonds. The molecule has 0 aromatic heterocycles. The Morgan fingerprint density at radius 2 is 2.00 bits per heavy atom. The summed E-state index contributed by atoms with van der Waals surface area (Å²) in [7, 11) is 0. The van der Waals surface area contributed by atoms with E-state index >= 15 is 0 Å². The topological polar surface area (TPSA) is 83.7 Å². The van der Waals surface area contributed by atoms with Gasteiger partial charge in [-0.3, -0.25) is 5.32 Å². The van der Waals surface area contributed by atoms with Crippen LogP contribution >= 0.6 is 0 Å². The second-order valence-electron chi connectivity index (χ2n) is 7.65. The Morgan fingerprint density at radius 3 is 2.64 bits per heavy atom. The van der Waals surface area contributed by atoms with E-state index in [9.17, 15) is 9.60 Å². The van der Waals surface area contributed by atoms with E-state index in [1.807, 2.05) is 33.9 Å². The van der Waals surface area contributed by atoms with Crippen molar-refractivity contribution in [2.75, 3.05) is 5.32 Å². The number of aliphatic imine (C=N–C) groups is 1. The van der Waals surface area contributed by atoms with Crippen LogP contribution in [0.4, 0.5) is 10.1 Å². The molecule has 1 aliphatic rings. The maximum atomic E-state index is 13.8. The van der Waals surface area contributed by atoms with Crippen molar-refractivity contribution in [3.63, 3.8) is 0 Å². The van der Waals surface area contributed by atoms with Gasteiger partial charge in [0.2, 0.25) is 5.96 Å². The summed E-state index contributed by atoms with van der Waals surface area (Å²) >= 11 is 0. The normalized spacial score (nSPS) is 23.4. The lowest BCUT2D eigenvalue weighted by Gasteiger charge is -2.42. The molecule has 0 spiro atoms. The van der Waals surface area contributed by atoms with E-state index in [0.717, 1.165) is 12.8 Å². The molecule has 25 heavy (non-hydrogen) atoms. The molecule has 1 saturated heterocycles. The number of halogens is 1. The number of nitriles is 1. The minimum atomic E-state index is -0.468. The predicted octanol–water partition coefficient (Wildman–Crippen LogP) is 3.47. The van der Waals surface area contributed by atoms with Crippen LogP contribution in [-0.4, -0.2) is 33.3 Å². The van der Waals surface area contributed by atoms with Crippen molar-refractivity contribution in [2.45, 2.75) is 64.1 Å². The van der Waals surface area contributed by atoms with Gasteiger partial charge in [-0.2, -0.15) is 10.3 Å². The number of para-hydroxylation sites is 1. The highest BCUT2D eigenvalue weighted by Gasteiger charge is 2.41. The van der Waals surface area contributed by atoms with E-state index in [4.69, 9.17) is 5.26 Å². The third kappa shape index (κ3) is 4.68. The Balaban J connectivity index is 2.24. The van der Waals surface area contributed by atoms with Gasteiger partial charge >= 0.3 is 0 Å². The summed E-state index contributed by atoms with van der Waals surface area (Å²) in [5.74, 6) is -0.212. The molecule has 0 bridgehead atoms. The highest BCUT2D eigenvalue weighted by molar-refractivity contribution is 5.94. The summed E-state index contributed by atoms with van der Waals surface area (Å²) in [6.07, 6.45) is 3.95. The number of hydroxylamine groups is 2. The van der Waals surface area contributed by atoms with Crippen LogP contribution in [0.15, 0.2) is 29.3 Å². The number of guanidine groups is 1. The molecule has 2 rings (SSSR count). The molecule has 1 aliphatic heterocycles. The zero-order valence-corrected chi connectivity index (χ0v) is 15.2. The third-order valence-electron chi connectivity index (χ3n) is 4.58. The SMILES string of the molecule is CC1(C)CCC(N=C(NC#N)Nc2ccccc2F)CC(C)(C)N1O. The van der Waals surface area contributed by atoms with E-state index in [1.54, 1.807) is 18.2 Å². The highest BCUT2D eigenvalue weighted by atomic mass is 19.1. The Hall–Kier alpha value is -2.17. The molecule has 1 atom stereocenters. The number of benzene rings is 1. The zero-order chi connectivity index (χ0) is 18.7. The van der Waals surface area contributed by atoms with Crippen molar-refractivity contribution < 1.29 is 9.60 Å². The van der Waals surface area contributed by atoms with Gasteiger partial charge < -0.3 is 10.5 Å². The average Bonchev–Trinajstić information content (AvgIpc) is 2.60. The molecule has 1 aromatic carbocycles. The van der Waals surface area contributed by atoms with Crippen molar-refractivity contribution in [1.82, 2.24) is 10.4 Å². The fraction of sp³-hybridized carbons (Fsp3) is 0.556. The predicted molar refractivity (Wildman–Crippen MR) is 95.6 cm³/mol. The van der Waals surface area contributed by atoms with Gasteiger partial charge in [-0.25, -0.2) is 9.38 Å². The first-order valence-corrected chi connectivity index (χ1v) is 8.39. The molecule has 7 heteroatoms. The Labute approximate surface area is 148 Å². The Kier molecular flexibility index (Phi) is 5.65. The largest absolute Gasteiger partial charge is 0.323 e. The van der Waals surface area contributed by atoms with Gasteiger partial charge in [-0.1, -0.05) is 12.1 Å². The quantitative estimate of drug-likeness (QED) is 0.330. The number of hydrogen-bond acceptors (Lipinski definition) is 4. The molecule has 0 radical (unpaired) electrons. The first-order valence-electron chi connectivity index (χ1n) is 8.39. The van der Waals surface area contributed by atoms with E-state index in [2.05, 4.69) is 15.6 Å². The molecule has 1 fully saturated rings. The van der Waals surface area contributed by atoms with Crippen molar-refractivity contribution in [3.05, 3.63) is 30.1 Å². The monoisotopic (exact) mass is 347 g/mol. The Bertz CT molecular complexity index is 680. The smallest absolute Gasteiger partial charge is 0.209 e. The lowest BCUT2D eigenvalue weighted by Crippen LogP contribution is -2.52. The second kappa shape index (κ2) is 7.38. The number of nitrogens with one attached hydrogen (secondary N) is 2. The van der Waals surface area contributed by atoms with Crippen LogP contribution in [0.1, 0.15) is 47.0 Å². The molecule has 136 valence electrons. The van der Waals surface area contributed by atoms with Crippen LogP contribution < -0.4 is 10.6 Å². The molecule has 0 aliphatic carbocycles. The summed E-state index contributed by atoms with van der Waals surface area (Å²) in [4.78, 5) is 4.58. The average molecular weight is 347 g/mol. The summed E-state index contributed by atoms with van der Waals surface area (Å²) < 4.78 is 13.8. The van der Waals surface area contributed by atoms with Gasteiger partial charge in [-0.15, -0.1) is 0 Å². The van der Waals surface area contributed by atoms with Gasteiger partial charge in [0.1, 0.15) is 5.82 Å². The molecular formula is C18H26FN5O. The minimum Gasteiger partial charge on any atom is -0.323 e. The number of nitrogens with zero attached hydrogens (tertiary/aromatic N) is 3. The summed E-state index contributed by atoms with van der Waals surface area (Å²) in [5.41, 5.74) is -0.583. The molecular weight excluding hydrogens is 321 g/mol. The number of rotatable bonds is 2. The first-order chi connectivity index (χ1) is 11.7. The Morgan fingerprint density at radius 1 is 1.32 bits per heavy atom. The highest BCUT2D eigenvalue weighted by Crippen LogP contribution is 2.36. The van der Waals surface area contributed by atoms with Gasteiger partial charge in [0.05, 0.1) is 11.7 Å². The van der Waals surface area contributed by atoms with E-state index in [1.165, 1.54) is 11.1 Å². The van der Waals surface area contributed by atoms with Gasteiger partial charge in [0.15, 0.2) is 6.19 Å². The van der Waals surface area contributed by atoms with Crippen LogP contribution in [0.3, 0.4) is 0 Å². The zero-order valence-electron chi connectivity index (χ0n) is 15.2. The fourth-order valence-electron chi connectivity index (χ4n) is 3.34. The lowest BCUT2D eigenvalue weighted by molar-refractivity contribution is -0.221. The lowest BCUT2D eigenvalue weighted by atomic mass is 9.94. The van der Waals surface area contributed by atoms with Crippen LogP contribution in [0.25, 0.3) is 0 Å². The van der Waals surface area contributed by atoms with Gasteiger partial charge in [0, 0.05) is 11.1 Å². The molecule has 6 nitrogen and oxygen atoms in total. The summed E-state index contributed by atoms with van der Waals surface area (Å²) in [5, 5.41) is 26.2. The van der Waals surface area contributed by atoms with Crippen molar-refractivity contribution in [3.8, 4) is 6.19 Å². The summed E-state index contributed by atoms with van der Waals surface area (Å²) in [6, 6.07) is 6.12. The summed E-state index contributed by atoms with van der Waals surface area (Å²) in [6.45, 7) is 7.91. The van der Waals surface area contributed by atoms with Crippen LogP contribution in [0.2, 0.25) is 0 Å². The third-order valence-corrected chi connectivity index (χ3v) is 4.58. The van der Waals surface area contributed by atoms with Gasteiger partial charge in [0.25, 0.3) is 0 Å². The second-order valence-corrected chi connectivity index (χ2v) is 7.65. The van der Waals surface area contributed by atoms with Crippen LogP contribution in [-0.2, 0) is 0 Å². The van der Waals surface area contributed by atoms with Crippen LogP contribution in [0, 0.1) is 17.3 Å². The molecule has 1 heterocycles. The van der Waals surface area contributed by atoms with E-state index in [0.29, 0.717) is 6.42 Å². The fourth-order valence-corrected chi connectivity index (χ4v) is 3.34. The van der Waals surface area contributed by atoms with Crippen molar-refractivity contribution in [1.29, 1.82) is 5.26 Å². The van der Waals surface area contributed by atoms with Crippen molar-refractivity contribution >= 4 is 11.6 Å². The first kappa shape index (κ1) is 19.2. The van der Waals surface area contributed by atoms with Gasteiger partial charge in [-0.05, 0) is 59.1 Å². The van der Waals surface area contributed by atoms with E-state index in [-0.39, 0.29) is 23.2 Å². The van der Waals surface area contributed by atoms with Crippen molar-refractivity contribution in [2.24, 2.45) is 4.99 Å². The molecule has 3 N–H and O–H groups in total. The minimum absolute atomic E-state index is 0.110. The van der Waals surface area contributed by atoms with Crippen LogP contribution in [0.5, 0.6) is 0 Å². The standard InChI is InChI=1S/C18H26FN5O/c1-17(2)10-9-13(11-18(3,4)24(17)25)22-16(21-12-20)23-15-8-6-5-7-14(15)19/h5-8,13,25H,9-11H2,1-4H3,(H2,21,22,23). The molecule has 0 saturated carbocycles. The number of anilines is 1.